The van der Waals surface area contributed by atoms with Crippen molar-refractivity contribution in [1.82, 2.24) is 0 Å². The van der Waals surface area contributed by atoms with E-state index in [2.05, 4.69) is 0 Å². The van der Waals surface area contributed by atoms with Gasteiger partial charge in [-0.15, -0.1) is 0 Å². The third-order valence-electron chi connectivity index (χ3n) is 6.08. The number of carbonyl (C=O) groups is 2. The van der Waals surface area contributed by atoms with Gasteiger partial charge in [0.2, 0.25) is 6.79 Å². The number of nitrogens with zero attached hydrogens (tertiary/aromatic N) is 1. The number of rotatable bonds is 6. The molecule has 3 aromatic carbocycles. The Morgan fingerprint density at radius 2 is 1.78 bits per heavy atom. The first kappa shape index (κ1) is 24.1. The van der Waals surface area contributed by atoms with Crippen LogP contribution in [0.5, 0.6) is 23.0 Å². The van der Waals surface area contributed by atoms with E-state index >= 15 is 0 Å². The number of aliphatic hydroxyl groups is 1. The largest absolute Gasteiger partial charge is 0.507 e. The molecule has 1 atom stereocenters. The Morgan fingerprint density at radius 1 is 1.00 bits per heavy atom. The van der Waals surface area contributed by atoms with E-state index < -0.39 is 35.1 Å². The first-order valence-electron chi connectivity index (χ1n) is 11.3. The zero-order valence-electron chi connectivity index (χ0n) is 19.8. The minimum absolute atomic E-state index is 0.00608. The van der Waals surface area contributed by atoms with E-state index in [1.54, 1.807) is 31.2 Å². The fourth-order valence-corrected chi connectivity index (χ4v) is 4.38. The highest BCUT2D eigenvalue weighted by atomic mass is 19.2. The van der Waals surface area contributed by atoms with Crippen LogP contribution >= 0.6 is 0 Å². The molecule has 1 amide bonds. The quantitative estimate of drug-likeness (QED) is 0.292. The number of benzene rings is 3. The number of ether oxygens (including phenoxy) is 4. The number of hydrogen-bond donors (Lipinski definition) is 1. The molecule has 0 saturated carbocycles. The molecule has 10 heteroatoms. The van der Waals surface area contributed by atoms with E-state index in [0.29, 0.717) is 35.2 Å². The first-order valence-corrected chi connectivity index (χ1v) is 11.3. The number of fused-ring (bicyclic) bond motifs is 1. The van der Waals surface area contributed by atoms with E-state index in [9.17, 15) is 23.5 Å². The van der Waals surface area contributed by atoms with Gasteiger partial charge >= 0.3 is 0 Å². The molecule has 1 saturated heterocycles. The summed E-state index contributed by atoms with van der Waals surface area (Å²) < 4.78 is 49.5. The number of amides is 1. The number of ketones is 1. The highest BCUT2D eigenvalue weighted by Crippen LogP contribution is 2.45. The van der Waals surface area contributed by atoms with Gasteiger partial charge in [0.1, 0.15) is 5.76 Å². The van der Waals surface area contributed by atoms with Gasteiger partial charge in [-0.25, -0.2) is 8.78 Å². The molecule has 1 unspecified atom stereocenters. The molecule has 5 rings (SSSR count). The third kappa shape index (κ3) is 4.10. The molecule has 0 aliphatic carbocycles. The van der Waals surface area contributed by atoms with E-state index in [0.717, 1.165) is 17.0 Å². The van der Waals surface area contributed by atoms with Crippen molar-refractivity contribution in [2.45, 2.75) is 13.0 Å². The predicted molar refractivity (Wildman–Crippen MR) is 128 cm³/mol. The lowest BCUT2D eigenvalue weighted by molar-refractivity contribution is -0.132. The molecule has 3 aromatic rings. The van der Waals surface area contributed by atoms with Crippen LogP contribution in [0, 0.1) is 11.6 Å². The number of anilines is 1. The standard InChI is InChI=1S/C27H21F2NO7/c1-3-35-21-10-14(4-8-19(21)34-2)24-23(25(31)15-5-9-20-22(11-15)37-13-36-20)26(32)27(33)30(24)16-6-7-17(28)18(29)12-16/h4-12,24,31H,3,13H2,1-2H3/b25-23+. The minimum Gasteiger partial charge on any atom is -0.507 e. The summed E-state index contributed by atoms with van der Waals surface area (Å²) in [5.41, 5.74) is 0.261. The third-order valence-corrected chi connectivity index (χ3v) is 6.08. The maximum atomic E-state index is 14.2. The second-order valence-corrected chi connectivity index (χ2v) is 8.18. The van der Waals surface area contributed by atoms with Gasteiger partial charge in [-0.2, -0.15) is 0 Å². The molecule has 2 aliphatic heterocycles. The lowest BCUT2D eigenvalue weighted by atomic mass is 9.94. The van der Waals surface area contributed by atoms with Crippen molar-refractivity contribution >= 4 is 23.1 Å². The normalized spacial score (nSPS) is 17.8. The van der Waals surface area contributed by atoms with Crippen LogP contribution in [0.25, 0.3) is 5.76 Å². The van der Waals surface area contributed by atoms with Gasteiger partial charge in [-0.3, -0.25) is 14.5 Å². The van der Waals surface area contributed by atoms with Gasteiger partial charge in [-0.1, -0.05) is 6.07 Å². The number of hydrogen-bond acceptors (Lipinski definition) is 7. The molecule has 0 bridgehead atoms. The van der Waals surface area contributed by atoms with Crippen LogP contribution in [0.4, 0.5) is 14.5 Å². The zero-order valence-corrected chi connectivity index (χ0v) is 19.8. The van der Waals surface area contributed by atoms with Crippen molar-refractivity contribution in [3.63, 3.8) is 0 Å². The Labute approximate surface area is 210 Å². The van der Waals surface area contributed by atoms with Gasteiger partial charge in [0.05, 0.1) is 25.3 Å². The van der Waals surface area contributed by atoms with Crippen LogP contribution < -0.4 is 23.8 Å². The second kappa shape index (κ2) is 9.45. The van der Waals surface area contributed by atoms with Gasteiger partial charge in [0, 0.05) is 17.3 Å². The number of methoxy groups -OCH3 is 1. The Kier molecular flexibility index (Phi) is 6.16. The summed E-state index contributed by atoms with van der Waals surface area (Å²) in [6.45, 7) is 2.09. The summed E-state index contributed by atoms with van der Waals surface area (Å²) in [5.74, 6) is -3.23. The average Bonchev–Trinajstić information content (AvgIpc) is 3.47. The highest BCUT2D eigenvalue weighted by molar-refractivity contribution is 6.51. The van der Waals surface area contributed by atoms with Crippen molar-refractivity contribution in [3.05, 3.63) is 82.9 Å². The van der Waals surface area contributed by atoms with E-state index in [1.165, 1.54) is 25.3 Å². The molecule has 2 heterocycles. The molecular formula is C27H21F2NO7. The van der Waals surface area contributed by atoms with E-state index in [-0.39, 0.29) is 23.6 Å². The van der Waals surface area contributed by atoms with Crippen molar-refractivity contribution in [3.8, 4) is 23.0 Å². The zero-order chi connectivity index (χ0) is 26.3. The Balaban J connectivity index is 1.72. The van der Waals surface area contributed by atoms with Crippen LogP contribution in [0.2, 0.25) is 0 Å². The molecule has 8 nitrogen and oxygen atoms in total. The summed E-state index contributed by atoms with van der Waals surface area (Å²) in [4.78, 5) is 27.6. The second-order valence-electron chi connectivity index (χ2n) is 8.18. The monoisotopic (exact) mass is 509 g/mol. The van der Waals surface area contributed by atoms with E-state index in [4.69, 9.17) is 18.9 Å². The van der Waals surface area contributed by atoms with Crippen LogP contribution in [0.1, 0.15) is 24.1 Å². The lowest BCUT2D eigenvalue weighted by Crippen LogP contribution is -2.29. The predicted octanol–water partition coefficient (Wildman–Crippen LogP) is 4.73. The molecule has 37 heavy (non-hydrogen) atoms. The minimum atomic E-state index is -1.20. The summed E-state index contributed by atoms with van der Waals surface area (Å²) in [6.07, 6.45) is 0. The first-order chi connectivity index (χ1) is 17.8. The van der Waals surface area contributed by atoms with Crippen LogP contribution in [0.15, 0.2) is 60.2 Å². The number of carbonyl (C=O) groups excluding carboxylic acids is 2. The summed E-state index contributed by atoms with van der Waals surface area (Å²) in [5, 5.41) is 11.3. The smallest absolute Gasteiger partial charge is 0.300 e. The topological polar surface area (TPSA) is 94.5 Å². The van der Waals surface area contributed by atoms with Crippen LogP contribution in [-0.2, 0) is 9.59 Å². The SMILES string of the molecule is CCOc1cc(C2/C(=C(\O)c3ccc4c(c3)OCO4)C(=O)C(=O)N2c2ccc(F)c(F)c2)ccc1OC. The van der Waals surface area contributed by atoms with Crippen molar-refractivity contribution in [1.29, 1.82) is 0 Å². The highest BCUT2D eigenvalue weighted by Gasteiger charge is 2.47. The van der Waals surface area contributed by atoms with Gasteiger partial charge in [-0.05, 0) is 55.0 Å². The van der Waals surface area contributed by atoms with Crippen LogP contribution in [0.3, 0.4) is 0 Å². The molecule has 1 fully saturated rings. The Hall–Kier alpha value is -4.60. The maximum absolute atomic E-state index is 14.2. The van der Waals surface area contributed by atoms with Gasteiger partial charge in [0.15, 0.2) is 34.6 Å². The fraction of sp³-hybridized carbons (Fsp3) is 0.185. The van der Waals surface area contributed by atoms with Gasteiger partial charge in [0.25, 0.3) is 11.7 Å². The molecule has 1 N–H and O–H groups in total. The molecule has 0 radical (unpaired) electrons. The average molecular weight is 509 g/mol. The fourth-order valence-electron chi connectivity index (χ4n) is 4.38. The van der Waals surface area contributed by atoms with Crippen LogP contribution in [-0.4, -0.2) is 37.3 Å². The van der Waals surface area contributed by atoms with Crippen molar-refractivity contribution < 1.29 is 42.4 Å². The number of Topliss-reactive ketones (excluding diaryl/α,β-unsaturated/α-hetero) is 1. The number of aliphatic hydroxyl groups excluding tert-OH is 1. The summed E-state index contributed by atoms with van der Waals surface area (Å²) >= 11 is 0. The molecule has 0 spiro atoms. The molecule has 190 valence electrons. The molecule has 0 aromatic heterocycles. The molecule has 2 aliphatic rings. The summed E-state index contributed by atoms with van der Waals surface area (Å²) in [7, 11) is 1.46. The Morgan fingerprint density at radius 3 is 2.51 bits per heavy atom. The van der Waals surface area contributed by atoms with Crippen molar-refractivity contribution in [2.24, 2.45) is 0 Å². The summed E-state index contributed by atoms with van der Waals surface area (Å²) in [6, 6.07) is 11.0. The van der Waals surface area contributed by atoms with Gasteiger partial charge < -0.3 is 24.1 Å². The Bertz CT molecular complexity index is 1450. The maximum Gasteiger partial charge on any atom is 0.300 e. The van der Waals surface area contributed by atoms with Crippen molar-refractivity contribution in [2.75, 3.05) is 25.4 Å². The number of halogens is 2. The van der Waals surface area contributed by atoms with E-state index in [1.807, 2.05) is 0 Å². The molecular weight excluding hydrogens is 488 g/mol. The lowest BCUT2D eigenvalue weighted by Gasteiger charge is -2.26.